The molecule has 0 bridgehead atoms. The molecule has 1 heterocycles. The van der Waals surface area contributed by atoms with E-state index in [1.807, 2.05) is 54.6 Å². The van der Waals surface area contributed by atoms with Crippen molar-refractivity contribution in [1.82, 2.24) is 4.90 Å². The van der Waals surface area contributed by atoms with Crippen LogP contribution >= 0.6 is 0 Å². The Balaban J connectivity index is 1.87. The fraction of sp³-hybridized carbons (Fsp3) is 0.296. The fourth-order valence-electron chi connectivity index (χ4n) is 3.90. The van der Waals surface area contributed by atoms with E-state index in [4.69, 9.17) is 4.74 Å². The highest BCUT2D eigenvalue weighted by atomic mass is 16.5. The summed E-state index contributed by atoms with van der Waals surface area (Å²) in [4.78, 5) is 29.5. The van der Waals surface area contributed by atoms with E-state index in [2.05, 4.69) is 18.7 Å². The molecule has 2 aromatic rings. The summed E-state index contributed by atoms with van der Waals surface area (Å²) in [5, 5.41) is 9.60. The highest BCUT2D eigenvalue weighted by Crippen LogP contribution is 2.28. The summed E-state index contributed by atoms with van der Waals surface area (Å²) in [6.07, 6.45) is 2.25. The molecule has 0 spiro atoms. The van der Waals surface area contributed by atoms with Gasteiger partial charge in [0, 0.05) is 30.9 Å². The third-order valence-corrected chi connectivity index (χ3v) is 5.94. The van der Waals surface area contributed by atoms with Crippen LogP contribution in [-0.4, -0.2) is 43.5 Å². The zero-order chi connectivity index (χ0) is 24.0. The monoisotopic (exact) mass is 443 g/mol. The van der Waals surface area contributed by atoms with Crippen molar-refractivity contribution < 1.29 is 14.3 Å². The lowest BCUT2D eigenvalue weighted by Gasteiger charge is -2.27. The number of rotatable bonds is 8. The number of nitrogens with zero attached hydrogens (tertiary/aromatic N) is 3. The number of imide groups is 1. The van der Waals surface area contributed by atoms with Crippen LogP contribution in [0.4, 0.5) is 5.69 Å². The molecule has 3 rings (SSSR count). The molecule has 2 aromatic carbocycles. The Kier molecular flexibility index (Phi) is 7.68. The predicted molar refractivity (Wildman–Crippen MR) is 130 cm³/mol. The number of carbonyl (C=O) groups is 2. The Hall–Kier alpha value is -3.85. The molecule has 6 heteroatoms. The normalized spacial score (nSPS) is 15.1. The number of carbonyl (C=O) groups excluding carboxylic acids is 2. The van der Waals surface area contributed by atoms with Crippen molar-refractivity contribution >= 4 is 23.6 Å². The molecule has 1 aliphatic rings. The van der Waals surface area contributed by atoms with Crippen LogP contribution in [0.1, 0.15) is 31.9 Å². The number of hydrogen-bond donors (Lipinski definition) is 0. The molecule has 0 atom stereocenters. The van der Waals surface area contributed by atoms with E-state index < -0.39 is 5.91 Å². The largest absolute Gasteiger partial charge is 0.497 e. The number of amides is 2. The molecule has 0 aliphatic carbocycles. The lowest BCUT2D eigenvalue weighted by molar-refractivity contribution is -0.140. The molecule has 1 aliphatic heterocycles. The van der Waals surface area contributed by atoms with Crippen molar-refractivity contribution in [1.29, 1.82) is 5.26 Å². The molecule has 0 saturated heterocycles. The van der Waals surface area contributed by atoms with Crippen molar-refractivity contribution in [2.45, 2.75) is 27.2 Å². The van der Waals surface area contributed by atoms with Crippen LogP contribution in [0, 0.1) is 11.3 Å². The van der Waals surface area contributed by atoms with Crippen LogP contribution in [0.25, 0.3) is 6.08 Å². The minimum Gasteiger partial charge on any atom is -0.497 e. The van der Waals surface area contributed by atoms with Gasteiger partial charge in [-0.1, -0.05) is 24.3 Å². The minimum absolute atomic E-state index is 0.00958. The molecule has 2 amide bonds. The van der Waals surface area contributed by atoms with Crippen LogP contribution in [0.2, 0.25) is 0 Å². The summed E-state index contributed by atoms with van der Waals surface area (Å²) in [5.74, 6) is -0.174. The Labute approximate surface area is 195 Å². The summed E-state index contributed by atoms with van der Waals surface area (Å²) < 4.78 is 5.17. The van der Waals surface area contributed by atoms with Gasteiger partial charge >= 0.3 is 0 Å². The first kappa shape index (κ1) is 23.8. The number of anilines is 1. The van der Waals surface area contributed by atoms with Gasteiger partial charge in [0.15, 0.2) is 0 Å². The quantitative estimate of drug-likeness (QED) is 0.447. The lowest BCUT2D eigenvalue weighted by Crippen LogP contribution is -2.43. The maximum absolute atomic E-state index is 13.3. The second-order valence-electron chi connectivity index (χ2n) is 7.79. The SMILES string of the molecule is CCN(CC)c1ccc(/C=C2/C(=O)N(CCc3ccc(OC)cc3)C(=O)C(C#N)=C2C)cc1. The highest BCUT2D eigenvalue weighted by Gasteiger charge is 2.35. The Morgan fingerprint density at radius 1 is 1.00 bits per heavy atom. The Morgan fingerprint density at radius 2 is 1.64 bits per heavy atom. The first-order valence-corrected chi connectivity index (χ1v) is 11.1. The minimum atomic E-state index is -0.539. The van der Waals surface area contributed by atoms with Gasteiger partial charge < -0.3 is 9.64 Å². The third-order valence-electron chi connectivity index (χ3n) is 5.94. The molecular weight excluding hydrogens is 414 g/mol. The van der Waals surface area contributed by atoms with Gasteiger partial charge in [-0.05, 0) is 74.2 Å². The van der Waals surface area contributed by atoms with Gasteiger partial charge in [0.1, 0.15) is 17.4 Å². The Bertz CT molecular complexity index is 1120. The zero-order valence-corrected chi connectivity index (χ0v) is 19.6. The zero-order valence-electron chi connectivity index (χ0n) is 19.6. The smallest absolute Gasteiger partial charge is 0.271 e. The van der Waals surface area contributed by atoms with Crippen molar-refractivity contribution in [3.05, 3.63) is 76.4 Å². The second-order valence-corrected chi connectivity index (χ2v) is 7.79. The van der Waals surface area contributed by atoms with Crippen LogP contribution in [0.3, 0.4) is 0 Å². The van der Waals surface area contributed by atoms with E-state index in [1.165, 1.54) is 4.90 Å². The summed E-state index contributed by atoms with van der Waals surface area (Å²) in [5.41, 5.74) is 3.72. The molecule has 33 heavy (non-hydrogen) atoms. The van der Waals surface area contributed by atoms with E-state index in [0.717, 1.165) is 35.7 Å². The average Bonchev–Trinajstić information content (AvgIpc) is 2.84. The molecule has 0 saturated carbocycles. The molecular formula is C27H29N3O3. The van der Waals surface area contributed by atoms with E-state index in [9.17, 15) is 14.9 Å². The summed E-state index contributed by atoms with van der Waals surface area (Å²) in [7, 11) is 1.60. The van der Waals surface area contributed by atoms with E-state index in [1.54, 1.807) is 20.1 Å². The van der Waals surface area contributed by atoms with Gasteiger partial charge in [-0.3, -0.25) is 14.5 Å². The van der Waals surface area contributed by atoms with Crippen molar-refractivity contribution in [3.63, 3.8) is 0 Å². The van der Waals surface area contributed by atoms with E-state index in [-0.39, 0.29) is 18.0 Å². The number of ether oxygens (including phenoxy) is 1. The number of benzene rings is 2. The fourth-order valence-corrected chi connectivity index (χ4v) is 3.90. The molecule has 170 valence electrons. The lowest BCUT2D eigenvalue weighted by atomic mass is 9.93. The van der Waals surface area contributed by atoms with Gasteiger partial charge in [0.2, 0.25) is 0 Å². The van der Waals surface area contributed by atoms with Crippen LogP contribution in [0.15, 0.2) is 65.3 Å². The van der Waals surface area contributed by atoms with Gasteiger partial charge in [0.05, 0.1) is 7.11 Å². The van der Waals surface area contributed by atoms with Gasteiger partial charge in [-0.25, -0.2) is 0 Å². The first-order chi connectivity index (χ1) is 15.9. The van der Waals surface area contributed by atoms with E-state index >= 15 is 0 Å². The maximum Gasteiger partial charge on any atom is 0.271 e. The summed E-state index contributed by atoms with van der Waals surface area (Å²) in [6, 6.07) is 17.4. The molecule has 0 fully saturated rings. The topological polar surface area (TPSA) is 73.6 Å². The first-order valence-electron chi connectivity index (χ1n) is 11.1. The average molecular weight is 444 g/mol. The van der Waals surface area contributed by atoms with Gasteiger partial charge in [-0.2, -0.15) is 5.26 Å². The van der Waals surface area contributed by atoms with Gasteiger partial charge in [-0.15, -0.1) is 0 Å². The molecule has 0 aromatic heterocycles. The predicted octanol–water partition coefficient (Wildman–Crippen LogP) is 4.38. The molecule has 0 radical (unpaired) electrons. The maximum atomic E-state index is 13.3. The third kappa shape index (κ3) is 5.15. The second kappa shape index (κ2) is 10.6. The van der Waals surface area contributed by atoms with Crippen molar-refractivity contribution in [2.75, 3.05) is 31.6 Å². The number of nitriles is 1. The molecule has 0 unspecified atom stereocenters. The summed E-state index contributed by atoms with van der Waals surface area (Å²) in [6.45, 7) is 7.89. The van der Waals surface area contributed by atoms with Crippen LogP contribution in [-0.2, 0) is 16.0 Å². The summed E-state index contributed by atoms with van der Waals surface area (Å²) >= 11 is 0. The molecule has 6 nitrogen and oxygen atoms in total. The number of hydrogen-bond acceptors (Lipinski definition) is 5. The van der Waals surface area contributed by atoms with Gasteiger partial charge in [0.25, 0.3) is 11.8 Å². The van der Waals surface area contributed by atoms with Crippen LogP contribution in [0.5, 0.6) is 5.75 Å². The van der Waals surface area contributed by atoms with Crippen molar-refractivity contribution in [3.8, 4) is 11.8 Å². The van der Waals surface area contributed by atoms with E-state index in [0.29, 0.717) is 17.6 Å². The number of methoxy groups -OCH3 is 1. The van der Waals surface area contributed by atoms with Crippen LogP contribution < -0.4 is 9.64 Å². The van der Waals surface area contributed by atoms with Crippen molar-refractivity contribution in [2.24, 2.45) is 0 Å². The molecule has 0 N–H and O–H groups in total. The Morgan fingerprint density at radius 3 is 2.18 bits per heavy atom. The highest BCUT2D eigenvalue weighted by molar-refractivity contribution is 6.19. The standard InChI is InChI=1S/C27H29N3O3/c1-5-29(6-2)22-11-7-21(8-12-22)17-24-19(3)25(18-28)27(32)30(26(24)31)16-15-20-9-13-23(33-4)14-10-20/h7-14,17H,5-6,15-16H2,1-4H3/b24-17+.